The zero-order valence-electron chi connectivity index (χ0n) is 13.7. The molecule has 3 rings (SSSR count). The zero-order chi connectivity index (χ0) is 16.9. The molecule has 0 saturated heterocycles. The molecule has 0 saturated carbocycles. The molecular formula is C20H19ClN2O. The number of hydrogen-bond donors (Lipinski definition) is 0. The van der Waals surface area contributed by atoms with E-state index >= 15 is 0 Å². The van der Waals surface area contributed by atoms with Gasteiger partial charge in [0.2, 0.25) is 0 Å². The van der Waals surface area contributed by atoms with Crippen LogP contribution in [-0.2, 0) is 0 Å². The van der Waals surface area contributed by atoms with E-state index < -0.39 is 0 Å². The summed E-state index contributed by atoms with van der Waals surface area (Å²) in [7, 11) is 0. The van der Waals surface area contributed by atoms with Gasteiger partial charge in [0.15, 0.2) is 0 Å². The van der Waals surface area contributed by atoms with Gasteiger partial charge in [0.25, 0.3) is 0 Å². The Kier molecular flexibility index (Phi) is 5.02. The average molecular weight is 339 g/mol. The minimum Gasteiger partial charge on any atom is -0.494 e. The highest BCUT2D eigenvalue weighted by molar-refractivity contribution is 6.31. The largest absolute Gasteiger partial charge is 0.494 e. The van der Waals surface area contributed by atoms with Crippen LogP contribution in [0, 0.1) is 6.92 Å². The van der Waals surface area contributed by atoms with E-state index in [4.69, 9.17) is 16.3 Å². The Hall–Kier alpha value is -2.52. The van der Waals surface area contributed by atoms with E-state index in [0.717, 1.165) is 33.4 Å². The number of nitrogens with zero attached hydrogens (tertiary/aromatic N) is 2. The highest BCUT2D eigenvalue weighted by Crippen LogP contribution is 2.22. The van der Waals surface area contributed by atoms with Crippen LogP contribution < -0.4 is 4.74 Å². The molecule has 3 nitrogen and oxygen atoms in total. The molecule has 0 atom stereocenters. The topological polar surface area (TPSA) is 26.5 Å². The number of aromatic nitrogens is 1. The van der Waals surface area contributed by atoms with E-state index in [2.05, 4.69) is 9.56 Å². The van der Waals surface area contributed by atoms with Gasteiger partial charge in [0.1, 0.15) is 5.75 Å². The van der Waals surface area contributed by atoms with Crippen LogP contribution in [0.4, 0.5) is 5.69 Å². The lowest BCUT2D eigenvalue weighted by atomic mass is 10.2. The average Bonchev–Trinajstić information content (AvgIpc) is 3.05. The molecule has 1 heterocycles. The Morgan fingerprint density at radius 3 is 2.79 bits per heavy atom. The molecule has 0 unspecified atom stereocenters. The SMILES string of the molecule is CCOc1cccc(N=Cc2cccn2-c2ccc(C)c(Cl)c2)c1. The van der Waals surface area contributed by atoms with Crippen LogP contribution in [-0.4, -0.2) is 17.4 Å². The standard InChI is InChI=1S/C20H19ClN2O/c1-3-24-19-8-4-6-16(12-19)22-14-18-7-5-11-23(18)17-10-9-15(2)20(21)13-17/h4-14H,3H2,1-2H3. The van der Waals surface area contributed by atoms with E-state index in [1.54, 1.807) is 0 Å². The van der Waals surface area contributed by atoms with Crippen molar-refractivity contribution in [1.29, 1.82) is 0 Å². The number of benzene rings is 2. The number of aryl methyl sites for hydroxylation is 1. The second-order valence-electron chi connectivity index (χ2n) is 5.43. The van der Waals surface area contributed by atoms with Crippen molar-refractivity contribution >= 4 is 23.5 Å². The van der Waals surface area contributed by atoms with Crippen molar-refractivity contribution in [2.45, 2.75) is 13.8 Å². The first-order valence-corrected chi connectivity index (χ1v) is 8.26. The minimum absolute atomic E-state index is 0.643. The van der Waals surface area contributed by atoms with Crippen LogP contribution in [0.1, 0.15) is 18.2 Å². The first-order chi connectivity index (χ1) is 11.7. The lowest BCUT2D eigenvalue weighted by Crippen LogP contribution is -1.98. The maximum Gasteiger partial charge on any atom is 0.121 e. The molecule has 0 bridgehead atoms. The molecular weight excluding hydrogens is 320 g/mol. The van der Waals surface area contributed by atoms with Gasteiger partial charge < -0.3 is 9.30 Å². The quantitative estimate of drug-likeness (QED) is 0.557. The van der Waals surface area contributed by atoms with Crippen molar-refractivity contribution in [1.82, 2.24) is 4.57 Å². The monoisotopic (exact) mass is 338 g/mol. The Morgan fingerprint density at radius 1 is 1.12 bits per heavy atom. The van der Waals surface area contributed by atoms with Gasteiger partial charge in [0.05, 0.1) is 24.2 Å². The fourth-order valence-corrected chi connectivity index (χ4v) is 2.60. The Bertz CT molecular complexity index is 868. The highest BCUT2D eigenvalue weighted by Gasteiger charge is 2.04. The molecule has 0 N–H and O–H groups in total. The van der Waals surface area contributed by atoms with Gasteiger partial charge in [-0.2, -0.15) is 0 Å². The normalized spacial score (nSPS) is 11.1. The molecule has 0 aliphatic carbocycles. The van der Waals surface area contributed by atoms with E-state index in [0.29, 0.717) is 6.61 Å². The number of ether oxygens (including phenoxy) is 1. The summed E-state index contributed by atoms with van der Waals surface area (Å²) in [4.78, 5) is 4.56. The third kappa shape index (κ3) is 3.69. The van der Waals surface area contributed by atoms with Gasteiger partial charge in [-0.15, -0.1) is 0 Å². The fraction of sp³-hybridized carbons (Fsp3) is 0.150. The number of halogens is 1. The van der Waals surface area contributed by atoms with Gasteiger partial charge in [-0.25, -0.2) is 0 Å². The first-order valence-electron chi connectivity index (χ1n) is 7.88. The van der Waals surface area contributed by atoms with Crippen LogP contribution in [0.25, 0.3) is 5.69 Å². The maximum absolute atomic E-state index is 6.24. The zero-order valence-corrected chi connectivity index (χ0v) is 14.5. The first kappa shape index (κ1) is 16.3. The molecule has 0 radical (unpaired) electrons. The Labute approximate surface area is 147 Å². The molecule has 24 heavy (non-hydrogen) atoms. The van der Waals surface area contributed by atoms with E-state index in [1.807, 2.05) is 80.9 Å². The third-order valence-electron chi connectivity index (χ3n) is 3.69. The number of rotatable bonds is 5. The van der Waals surface area contributed by atoms with Crippen LogP contribution in [0.2, 0.25) is 5.02 Å². The van der Waals surface area contributed by atoms with Crippen molar-refractivity contribution in [3.63, 3.8) is 0 Å². The van der Waals surface area contributed by atoms with Crippen LogP contribution in [0.3, 0.4) is 0 Å². The second kappa shape index (κ2) is 7.37. The summed E-state index contributed by atoms with van der Waals surface area (Å²) in [5, 5.41) is 0.758. The predicted molar refractivity (Wildman–Crippen MR) is 100 cm³/mol. The van der Waals surface area contributed by atoms with Crippen molar-refractivity contribution in [2.24, 2.45) is 4.99 Å². The van der Waals surface area contributed by atoms with Gasteiger partial charge in [-0.05, 0) is 55.8 Å². The van der Waals surface area contributed by atoms with Crippen molar-refractivity contribution in [2.75, 3.05) is 6.61 Å². The summed E-state index contributed by atoms with van der Waals surface area (Å²) in [5.74, 6) is 0.827. The van der Waals surface area contributed by atoms with Gasteiger partial charge >= 0.3 is 0 Å². The summed E-state index contributed by atoms with van der Waals surface area (Å²) in [6, 6.07) is 17.8. The van der Waals surface area contributed by atoms with Crippen LogP contribution in [0.5, 0.6) is 5.75 Å². The molecule has 0 aliphatic rings. The summed E-state index contributed by atoms with van der Waals surface area (Å²) in [5.41, 5.74) is 3.92. The Balaban J connectivity index is 1.87. The third-order valence-corrected chi connectivity index (χ3v) is 4.10. The van der Waals surface area contributed by atoms with Crippen LogP contribution in [0.15, 0.2) is 65.8 Å². The molecule has 122 valence electrons. The van der Waals surface area contributed by atoms with Gasteiger partial charge in [-0.3, -0.25) is 4.99 Å². The molecule has 3 aromatic rings. The Morgan fingerprint density at radius 2 is 2.00 bits per heavy atom. The fourth-order valence-electron chi connectivity index (χ4n) is 2.43. The van der Waals surface area contributed by atoms with Crippen LogP contribution >= 0.6 is 11.6 Å². The molecule has 2 aromatic carbocycles. The van der Waals surface area contributed by atoms with E-state index in [-0.39, 0.29) is 0 Å². The number of hydrogen-bond acceptors (Lipinski definition) is 2. The van der Waals surface area contributed by atoms with Gasteiger partial charge in [-0.1, -0.05) is 23.7 Å². The predicted octanol–water partition coefficient (Wildman–Crippen LogP) is 5.59. The van der Waals surface area contributed by atoms with E-state index in [9.17, 15) is 0 Å². The van der Waals surface area contributed by atoms with E-state index in [1.165, 1.54) is 0 Å². The molecule has 0 fully saturated rings. The molecule has 1 aromatic heterocycles. The summed E-state index contributed by atoms with van der Waals surface area (Å²) < 4.78 is 7.56. The molecule has 0 amide bonds. The second-order valence-corrected chi connectivity index (χ2v) is 5.83. The molecule has 0 aliphatic heterocycles. The maximum atomic E-state index is 6.24. The highest BCUT2D eigenvalue weighted by atomic mass is 35.5. The van der Waals surface area contributed by atoms with Crippen molar-refractivity contribution < 1.29 is 4.74 Å². The lowest BCUT2D eigenvalue weighted by Gasteiger charge is -2.08. The smallest absolute Gasteiger partial charge is 0.121 e. The van der Waals surface area contributed by atoms with Gasteiger partial charge in [0, 0.05) is 23.0 Å². The summed E-state index contributed by atoms with van der Waals surface area (Å²) in [6.45, 7) is 4.61. The molecule has 0 spiro atoms. The summed E-state index contributed by atoms with van der Waals surface area (Å²) >= 11 is 6.24. The minimum atomic E-state index is 0.643. The van der Waals surface area contributed by atoms with Crippen molar-refractivity contribution in [3.05, 3.63) is 77.1 Å². The van der Waals surface area contributed by atoms with Crippen molar-refractivity contribution in [3.8, 4) is 11.4 Å². The lowest BCUT2D eigenvalue weighted by molar-refractivity contribution is 0.340. The summed E-state index contributed by atoms with van der Waals surface area (Å²) in [6.07, 6.45) is 3.85. The number of aliphatic imine (C=N–C) groups is 1. The molecule has 4 heteroatoms.